The van der Waals surface area contributed by atoms with E-state index in [0.717, 1.165) is 30.4 Å². The molecule has 0 amide bonds. The predicted octanol–water partition coefficient (Wildman–Crippen LogP) is 3.58. The van der Waals surface area contributed by atoms with Crippen molar-refractivity contribution >= 4 is 0 Å². The molecular formula is C17H27FN2. The summed E-state index contributed by atoms with van der Waals surface area (Å²) < 4.78 is 12.9. The molecule has 0 saturated carbocycles. The first kappa shape index (κ1) is 15.5. The maximum Gasteiger partial charge on any atom is 0.123 e. The molecule has 2 rings (SSSR count). The van der Waals surface area contributed by atoms with Crippen LogP contribution in [0.4, 0.5) is 4.39 Å². The lowest BCUT2D eigenvalue weighted by molar-refractivity contribution is 0.0770. The highest BCUT2D eigenvalue weighted by atomic mass is 19.1. The van der Waals surface area contributed by atoms with Crippen LogP contribution in [0.3, 0.4) is 0 Å². The second-order valence-electron chi connectivity index (χ2n) is 6.50. The Hall–Kier alpha value is -0.930. The van der Waals surface area contributed by atoms with Crippen molar-refractivity contribution in [2.45, 2.75) is 45.7 Å². The van der Waals surface area contributed by atoms with Crippen LogP contribution in [0.15, 0.2) is 24.3 Å². The first-order chi connectivity index (χ1) is 9.47. The van der Waals surface area contributed by atoms with E-state index in [1.165, 1.54) is 25.1 Å². The van der Waals surface area contributed by atoms with Gasteiger partial charge in [-0.15, -0.1) is 0 Å². The van der Waals surface area contributed by atoms with Crippen LogP contribution in [-0.2, 0) is 0 Å². The summed E-state index contributed by atoms with van der Waals surface area (Å²) in [6, 6.07) is 7.20. The molecule has 2 N–H and O–H groups in total. The zero-order valence-corrected chi connectivity index (χ0v) is 12.8. The molecule has 0 aromatic heterocycles. The van der Waals surface area contributed by atoms with Crippen molar-refractivity contribution in [1.29, 1.82) is 0 Å². The second-order valence-corrected chi connectivity index (χ2v) is 6.50. The molecule has 1 saturated heterocycles. The van der Waals surface area contributed by atoms with Crippen molar-refractivity contribution in [1.82, 2.24) is 4.90 Å². The molecule has 0 bridgehead atoms. The highest BCUT2D eigenvalue weighted by Gasteiger charge is 2.28. The lowest BCUT2D eigenvalue weighted by Crippen LogP contribution is -2.46. The van der Waals surface area contributed by atoms with Gasteiger partial charge in [0.1, 0.15) is 5.82 Å². The molecule has 1 aromatic rings. The molecule has 1 fully saturated rings. The van der Waals surface area contributed by atoms with Crippen molar-refractivity contribution in [3.63, 3.8) is 0 Å². The molecule has 112 valence electrons. The monoisotopic (exact) mass is 278 g/mol. The smallest absolute Gasteiger partial charge is 0.123 e. The lowest BCUT2D eigenvalue weighted by Gasteiger charge is -2.41. The zero-order valence-electron chi connectivity index (χ0n) is 12.8. The Bertz CT molecular complexity index is 418. The first-order valence-electron chi connectivity index (χ1n) is 7.72. The van der Waals surface area contributed by atoms with Crippen molar-refractivity contribution in [2.24, 2.45) is 17.6 Å². The Labute approximate surface area is 122 Å². The highest BCUT2D eigenvalue weighted by molar-refractivity contribution is 5.19. The van der Waals surface area contributed by atoms with E-state index >= 15 is 0 Å². The van der Waals surface area contributed by atoms with Gasteiger partial charge in [0.15, 0.2) is 0 Å². The maximum atomic E-state index is 12.9. The Morgan fingerprint density at radius 1 is 1.25 bits per heavy atom. The van der Waals surface area contributed by atoms with E-state index in [4.69, 9.17) is 5.73 Å². The Kier molecular flexibility index (Phi) is 5.17. The molecule has 3 heteroatoms. The summed E-state index contributed by atoms with van der Waals surface area (Å²) in [5.74, 6) is 1.32. The van der Waals surface area contributed by atoms with Gasteiger partial charge in [0, 0.05) is 25.2 Å². The second kappa shape index (κ2) is 6.68. The van der Waals surface area contributed by atoms with Crippen molar-refractivity contribution in [3.8, 4) is 0 Å². The van der Waals surface area contributed by atoms with Gasteiger partial charge < -0.3 is 10.6 Å². The molecule has 0 spiro atoms. The van der Waals surface area contributed by atoms with Crippen LogP contribution in [0.1, 0.15) is 45.2 Å². The van der Waals surface area contributed by atoms with E-state index < -0.39 is 0 Å². The molecule has 4 unspecified atom stereocenters. The average molecular weight is 278 g/mol. The van der Waals surface area contributed by atoms with Crippen LogP contribution in [0.2, 0.25) is 0 Å². The van der Waals surface area contributed by atoms with E-state index in [-0.39, 0.29) is 11.9 Å². The summed E-state index contributed by atoms with van der Waals surface area (Å²) in [6.07, 6.45) is 2.25. The number of halogens is 1. The molecule has 4 atom stereocenters. The minimum absolute atomic E-state index is 0.00432. The third-order valence-electron chi connectivity index (χ3n) is 4.75. The molecule has 20 heavy (non-hydrogen) atoms. The van der Waals surface area contributed by atoms with Gasteiger partial charge in [-0.1, -0.05) is 26.0 Å². The molecule has 2 nitrogen and oxygen atoms in total. The average Bonchev–Trinajstić information content (AvgIpc) is 2.41. The minimum Gasteiger partial charge on any atom is -0.324 e. The van der Waals surface area contributed by atoms with Gasteiger partial charge in [0.05, 0.1) is 0 Å². The van der Waals surface area contributed by atoms with Gasteiger partial charge in [-0.25, -0.2) is 4.39 Å². The molecular weight excluding hydrogens is 251 g/mol. The van der Waals surface area contributed by atoms with Gasteiger partial charge in [-0.05, 0) is 49.3 Å². The zero-order chi connectivity index (χ0) is 14.7. The molecule has 1 aliphatic rings. The number of hydrogen-bond acceptors (Lipinski definition) is 2. The predicted molar refractivity (Wildman–Crippen MR) is 81.9 cm³/mol. The fraction of sp³-hybridized carbons (Fsp3) is 0.647. The fourth-order valence-corrected chi connectivity index (χ4v) is 3.31. The van der Waals surface area contributed by atoms with E-state index in [0.29, 0.717) is 6.04 Å². The summed E-state index contributed by atoms with van der Waals surface area (Å²) in [7, 11) is 0. The van der Waals surface area contributed by atoms with Crippen LogP contribution < -0.4 is 5.73 Å². The van der Waals surface area contributed by atoms with Crippen molar-refractivity contribution in [2.75, 3.05) is 13.1 Å². The van der Waals surface area contributed by atoms with Crippen LogP contribution >= 0.6 is 0 Å². The van der Waals surface area contributed by atoms with Gasteiger partial charge in [0.25, 0.3) is 0 Å². The summed E-state index contributed by atoms with van der Waals surface area (Å²) in [6.45, 7) is 9.18. The largest absolute Gasteiger partial charge is 0.324 e. The summed E-state index contributed by atoms with van der Waals surface area (Å²) in [4.78, 5) is 2.56. The van der Waals surface area contributed by atoms with Crippen LogP contribution in [0, 0.1) is 17.7 Å². The van der Waals surface area contributed by atoms with Crippen LogP contribution in [-0.4, -0.2) is 24.0 Å². The fourth-order valence-electron chi connectivity index (χ4n) is 3.31. The third kappa shape index (κ3) is 3.80. The molecule has 1 aromatic carbocycles. The number of nitrogens with two attached hydrogens (primary N) is 1. The quantitative estimate of drug-likeness (QED) is 0.912. The minimum atomic E-state index is -0.201. The Morgan fingerprint density at radius 2 is 1.90 bits per heavy atom. The number of benzene rings is 1. The normalized spacial score (nSPS) is 29.4. The number of hydrogen-bond donors (Lipinski definition) is 1. The number of piperidine rings is 1. The van der Waals surface area contributed by atoms with Gasteiger partial charge >= 0.3 is 0 Å². The Morgan fingerprint density at radius 3 is 2.55 bits per heavy atom. The standard InChI is InChI=1S/C17H27FN2/c1-12-10-13(2)14(3)20(11-12)9-8-17(19)15-4-6-16(18)7-5-15/h4-7,12-14,17H,8-11,19H2,1-3H3. The topological polar surface area (TPSA) is 29.3 Å². The van der Waals surface area contributed by atoms with Gasteiger partial charge in [-0.3, -0.25) is 0 Å². The molecule has 0 radical (unpaired) electrons. The van der Waals surface area contributed by atoms with E-state index in [1.807, 2.05) is 0 Å². The first-order valence-corrected chi connectivity index (χ1v) is 7.72. The van der Waals surface area contributed by atoms with Gasteiger partial charge in [0.2, 0.25) is 0 Å². The van der Waals surface area contributed by atoms with Crippen LogP contribution in [0.25, 0.3) is 0 Å². The number of likely N-dealkylation sites (tertiary alicyclic amines) is 1. The lowest BCUT2D eigenvalue weighted by atomic mass is 9.85. The van der Waals surface area contributed by atoms with E-state index in [1.54, 1.807) is 12.1 Å². The Balaban J connectivity index is 1.89. The summed E-state index contributed by atoms with van der Waals surface area (Å²) in [5.41, 5.74) is 7.25. The number of nitrogens with zero attached hydrogens (tertiary/aromatic N) is 1. The third-order valence-corrected chi connectivity index (χ3v) is 4.75. The summed E-state index contributed by atoms with van der Waals surface area (Å²) >= 11 is 0. The van der Waals surface area contributed by atoms with E-state index in [9.17, 15) is 4.39 Å². The highest BCUT2D eigenvalue weighted by Crippen LogP contribution is 2.27. The number of rotatable bonds is 4. The van der Waals surface area contributed by atoms with Crippen molar-refractivity contribution < 1.29 is 4.39 Å². The van der Waals surface area contributed by atoms with Crippen LogP contribution in [0.5, 0.6) is 0 Å². The molecule has 0 aliphatic carbocycles. The summed E-state index contributed by atoms with van der Waals surface area (Å²) in [5, 5.41) is 0. The molecule has 1 aliphatic heterocycles. The van der Waals surface area contributed by atoms with Crippen molar-refractivity contribution in [3.05, 3.63) is 35.6 Å². The SMILES string of the molecule is CC1CC(C)C(C)N(CCC(N)c2ccc(F)cc2)C1. The maximum absolute atomic E-state index is 12.9. The van der Waals surface area contributed by atoms with E-state index in [2.05, 4.69) is 25.7 Å². The van der Waals surface area contributed by atoms with Gasteiger partial charge in [-0.2, -0.15) is 0 Å². The molecule has 1 heterocycles.